The highest BCUT2D eigenvalue weighted by Crippen LogP contribution is 2.12. The summed E-state index contributed by atoms with van der Waals surface area (Å²) in [6.45, 7) is 1.86. The molecule has 1 amide bonds. The summed E-state index contributed by atoms with van der Waals surface area (Å²) in [4.78, 5) is 13.5. The molecule has 0 saturated carbocycles. The van der Waals surface area contributed by atoms with E-state index in [0.717, 1.165) is 13.1 Å². The molecule has 0 spiro atoms. The number of hydrogen-bond donors (Lipinski definition) is 1. The molecule has 0 aliphatic carbocycles. The zero-order valence-corrected chi connectivity index (χ0v) is 8.82. The van der Waals surface area contributed by atoms with Gasteiger partial charge in [-0.05, 0) is 12.1 Å². The molecule has 0 bridgehead atoms. The number of rotatable bonds is 3. The highest BCUT2D eigenvalue weighted by molar-refractivity contribution is 5.92. The Kier molecular flexibility index (Phi) is 3.31. The maximum absolute atomic E-state index is 13.2. The Labute approximate surface area is 93.6 Å². The van der Waals surface area contributed by atoms with Crippen LogP contribution in [0.5, 0.6) is 0 Å². The van der Waals surface area contributed by atoms with Crippen molar-refractivity contribution in [2.75, 3.05) is 25.0 Å². The smallest absolute Gasteiger partial charge is 0.238 e. The van der Waals surface area contributed by atoms with Gasteiger partial charge in [0.1, 0.15) is 5.82 Å². The lowest BCUT2D eigenvalue weighted by molar-refractivity contribution is -0.117. The van der Waals surface area contributed by atoms with E-state index in [4.69, 9.17) is 0 Å². The third-order valence-electron chi connectivity index (χ3n) is 2.41. The Bertz CT molecular complexity index is 409. The largest absolute Gasteiger partial charge is 0.322 e. The van der Waals surface area contributed by atoms with Crippen molar-refractivity contribution in [3.05, 3.63) is 42.2 Å². The van der Waals surface area contributed by atoms with E-state index in [1.54, 1.807) is 18.2 Å². The monoisotopic (exact) mass is 220 g/mol. The van der Waals surface area contributed by atoms with Crippen LogP contribution in [0.15, 0.2) is 36.4 Å². The molecule has 16 heavy (non-hydrogen) atoms. The number of hydrogen-bond acceptors (Lipinski definition) is 2. The van der Waals surface area contributed by atoms with E-state index in [1.807, 2.05) is 17.1 Å². The third kappa shape index (κ3) is 2.67. The lowest BCUT2D eigenvalue weighted by Crippen LogP contribution is -2.31. The molecule has 0 aromatic heterocycles. The minimum absolute atomic E-state index is 0.186. The fourth-order valence-electron chi connectivity index (χ4n) is 1.61. The maximum atomic E-state index is 13.2. The quantitative estimate of drug-likeness (QED) is 0.785. The molecule has 1 aliphatic heterocycles. The summed E-state index contributed by atoms with van der Waals surface area (Å²) in [6, 6.07) is 6.16. The van der Waals surface area contributed by atoms with Gasteiger partial charge in [-0.1, -0.05) is 24.3 Å². The van der Waals surface area contributed by atoms with Crippen LogP contribution in [-0.4, -0.2) is 30.4 Å². The normalized spacial score (nSPS) is 15.3. The number of para-hydroxylation sites is 1. The molecule has 0 unspecified atom stereocenters. The number of carbonyl (C=O) groups is 1. The molecule has 84 valence electrons. The first-order chi connectivity index (χ1) is 7.75. The summed E-state index contributed by atoms with van der Waals surface area (Å²) in [5, 5.41) is 2.55. The Morgan fingerprint density at radius 3 is 2.69 bits per heavy atom. The number of carbonyl (C=O) groups excluding carboxylic acids is 1. The Morgan fingerprint density at radius 2 is 2.00 bits per heavy atom. The van der Waals surface area contributed by atoms with Crippen LogP contribution in [-0.2, 0) is 4.79 Å². The Balaban J connectivity index is 1.89. The molecule has 1 heterocycles. The average molecular weight is 220 g/mol. The van der Waals surface area contributed by atoms with E-state index in [-0.39, 0.29) is 11.6 Å². The molecule has 1 aromatic rings. The fraction of sp³-hybridized carbons (Fsp3) is 0.250. The van der Waals surface area contributed by atoms with Gasteiger partial charge in [-0.15, -0.1) is 0 Å². The van der Waals surface area contributed by atoms with Crippen LogP contribution in [0.25, 0.3) is 0 Å². The van der Waals surface area contributed by atoms with E-state index in [0.29, 0.717) is 6.54 Å². The molecule has 1 aliphatic rings. The van der Waals surface area contributed by atoms with Crippen LogP contribution >= 0.6 is 0 Å². The topological polar surface area (TPSA) is 32.3 Å². The van der Waals surface area contributed by atoms with Crippen molar-refractivity contribution < 1.29 is 9.18 Å². The number of nitrogens with zero attached hydrogens (tertiary/aromatic N) is 1. The lowest BCUT2D eigenvalue weighted by Gasteiger charge is -2.14. The minimum atomic E-state index is -0.407. The van der Waals surface area contributed by atoms with E-state index in [1.165, 1.54) is 6.07 Å². The predicted molar refractivity (Wildman–Crippen MR) is 60.6 cm³/mol. The second-order valence-corrected chi connectivity index (χ2v) is 3.69. The molecular formula is C12H13FN2O. The fourth-order valence-corrected chi connectivity index (χ4v) is 1.61. The summed E-state index contributed by atoms with van der Waals surface area (Å²) in [7, 11) is 0. The molecule has 3 nitrogen and oxygen atoms in total. The number of benzene rings is 1. The molecule has 0 saturated heterocycles. The zero-order chi connectivity index (χ0) is 11.4. The van der Waals surface area contributed by atoms with Crippen molar-refractivity contribution in [1.29, 1.82) is 0 Å². The molecule has 4 heteroatoms. The van der Waals surface area contributed by atoms with Crippen molar-refractivity contribution >= 4 is 11.6 Å². The Morgan fingerprint density at radius 1 is 1.31 bits per heavy atom. The maximum Gasteiger partial charge on any atom is 0.238 e. The molecule has 1 aromatic carbocycles. The number of amides is 1. The average Bonchev–Trinajstić information content (AvgIpc) is 2.74. The number of anilines is 1. The first-order valence-electron chi connectivity index (χ1n) is 5.17. The lowest BCUT2D eigenvalue weighted by atomic mass is 10.3. The second-order valence-electron chi connectivity index (χ2n) is 3.69. The molecule has 0 atom stereocenters. The zero-order valence-electron chi connectivity index (χ0n) is 8.82. The number of nitrogens with one attached hydrogen (secondary N) is 1. The minimum Gasteiger partial charge on any atom is -0.322 e. The molecular weight excluding hydrogens is 207 g/mol. The van der Waals surface area contributed by atoms with Crippen LogP contribution in [0.3, 0.4) is 0 Å². The molecule has 0 radical (unpaired) electrons. The van der Waals surface area contributed by atoms with E-state index < -0.39 is 5.82 Å². The van der Waals surface area contributed by atoms with Crippen LogP contribution < -0.4 is 5.32 Å². The van der Waals surface area contributed by atoms with Gasteiger partial charge in [-0.25, -0.2) is 4.39 Å². The molecule has 1 N–H and O–H groups in total. The van der Waals surface area contributed by atoms with Gasteiger partial charge >= 0.3 is 0 Å². The highest BCUT2D eigenvalue weighted by Gasteiger charge is 2.12. The van der Waals surface area contributed by atoms with Crippen LogP contribution in [0.1, 0.15) is 0 Å². The van der Waals surface area contributed by atoms with Crippen molar-refractivity contribution in [3.8, 4) is 0 Å². The molecule has 2 rings (SSSR count). The van der Waals surface area contributed by atoms with Gasteiger partial charge in [0.2, 0.25) is 5.91 Å². The SMILES string of the molecule is O=C(CN1CC=CC1)Nc1ccccc1F. The van der Waals surface area contributed by atoms with Crippen LogP contribution in [0.2, 0.25) is 0 Å². The summed E-state index contributed by atoms with van der Waals surface area (Å²) >= 11 is 0. The summed E-state index contributed by atoms with van der Waals surface area (Å²) in [5.41, 5.74) is 0.236. The molecule has 0 fully saturated rings. The van der Waals surface area contributed by atoms with Gasteiger partial charge in [0.05, 0.1) is 12.2 Å². The van der Waals surface area contributed by atoms with Gasteiger partial charge in [-0.2, -0.15) is 0 Å². The van der Waals surface area contributed by atoms with Crippen LogP contribution in [0, 0.1) is 5.82 Å². The Hall–Kier alpha value is -1.68. The predicted octanol–water partition coefficient (Wildman–Crippen LogP) is 1.64. The van der Waals surface area contributed by atoms with Gasteiger partial charge < -0.3 is 5.32 Å². The van der Waals surface area contributed by atoms with E-state index >= 15 is 0 Å². The van der Waals surface area contributed by atoms with Crippen molar-refractivity contribution in [3.63, 3.8) is 0 Å². The van der Waals surface area contributed by atoms with Gasteiger partial charge in [0, 0.05) is 13.1 Å². The summed E-state index contributed by atoms with van der Waals surface area (Å²) < 4.78 is 13.2. The van der Waals surface area contributed by atoms with Gasteiger partial charge in [-0.3, -0.25) is 9.69 Å². The van der Waals surface area contributed by atoms with Crippen molar-refractivity contribution in [2.24, 2.45) is 0 Å². The van der Waals surface area contributed by atoms with Crippen molar-refractivity contribution in [1.82, 2.24) is 4.90 Å². The van der Waals surface area contributed by atoms with Crippen LogP contribution in [0.4, 0.5) is 10.1 Å². The second kappa shape index (κ2) is 4.90. The summed E-state index contributed by atoms with van der Waals surface area (Å²) in [5.74, 6) is -0.593. The van der Waals surface area contributed by atoms with Gasteiger partial charge in [0.25, 0.3) is 0 Å². The first-order valence-corrected chi connectivity index (χ1v) is 5.17. The van der Waals surface area contributed by atoms with Gasteiger partial charge in [0.15, 0.2) is 0 Å². The van der Waals surface area contributed by atoms with E-state index in [2.05, 4.69) is 5.32 Å². The summed E-state index contributed by atoms with van der Waals surface area (Å²) in [6.07, 6.45) is 4.02. The standard InChI is InChI=1S/C12H13FN2O/c13-10-5-1-2-6-11(10)14-12(16)9-15-7-3-4-8-15/h1-6H,7-9H2,(H,14,16). The first kappa shape index (κ1) is 10.8. The highest BCUT2D eigenvalue weighted by atomic mass is 19.1. The van der Waals surface area contributed by atoms with Crippen molar-refractivity contribution in [2.45, 2.75) is 0 Å². The van der Waals surface area contributed by atoms with E-state index in [9.17, 15) is 9.18 Å². The number of halogens is 1. The third-order valence-corrected chi connectivity index (χ3v) is 2.41.